The van der Waals surface area contributed by atoms with Crippen LogP contribution in [0.15, 0.2) is 35.9 Å². The molecule has 1 aliphatic rings. The van der Waals surface area contributed by atoms with Gasteiger partial charge in [-0.2, -0.15) is 0 Å². The van der Waals surface area contributed by atoms with Gasteiger partial charge in [0.1, 0.15) is 0 Å². The molecule has 0 spiro atoms. The lowest BCUT2D eigenvalue weighted by Gasteiger charge is -2.28. The summed E-state index contributed by atoms with van der Waals surface area (Å²) in [5.74, 6) is 0.720. The second-order valence-corrected chi connectivity index (χ2v) is 6.17. The Morgan fingerprint density at radius 2 is 1.94 bits per heavy atom. The number of fused-ring (bicyclic) bond motifs is 1. The van der Waals surface area contributed by atoms with Crippen LogP contribution in [0, 0.1) is 0 Å². The van der Waals surface area contributed by atoms with Crippen molar-refractivity contribution in [3.63, 3.8) is 0 Å². The number of rotatable bonds is 3. The lowest BCUT2D eigenvalue weighted by molar-refractivity contribution is 0.579. The normalized spacial score (nSPS) is 22.0. The van der Waals surface area contributed by atoms with Gasteiger partial charge in [0.05, 0.1) is 0 Å². The molecule has 1 unspecified atom stereocenters. The fourth-order valence-corrected chi connectivity index (χ4v) is 3.06. The van der Waals surface area contributed by atoms with Crippen molar-refractivity contribution in [3.05, 3.63) is 47.0 Å². The molecule has 0 N–H and O–H groups in total. The molecule has 2 rings (SSSR count). The maximum atomic E-state index is 2.47. The van der Waals surface area contributed by atoms with Crippen LogP contribution in [-0.2, 0) is 5.41 Å². The minimum absolute atomic E-state index is 0.192. The van der Waals surface area contributed by atoms with Crippen LogP contribution in [0.3, 0.4) is 0 Å². The Labute approximate surface area is 112 Å². The first-order valence-corrected chi connectivity index (χ1v) is 7.34. The Balaban J connectivity index is 2.44. The van der Waals surface area contributed by atoms with Crippen LogP contribution in [0.5, 0.6) is 0 Å². The molecule has 0 heterocycles. The number of benzene rings is 1. The van der Waals surface area contributed by atoms with Crippen molar-refractivity contribution in [2.45, 2.75) is 64.7 Å². The SMILES string of the molecule is CCCCC1CC=C(C)C(C)(C)c2ccccc21. The third kappa shape index (κ3) is 2.39. The topological polar surface area (TPSA) is 0 Å². The van der Waals surface area contributed by atoms with E-state index in [1.807, 2.05) is 0 Å². The molecule has 1 aromatic rings. The molecule has 1 aliphatic carbocycles. The summed E-state index contributed by atoms with van der Waals surface area (Å²) in [4.78, 5) is 0. The molecule has 0 aromatic heterocycles. The Hall–Kier alpha value is -1.04. The Kier molecular flexibility index (Phi) is 3.94. The predicted octanol–water partition coefficient (Wildman–Crippen LogP) is 5.59. The molecule has 0 saturated heterocycles. The van der Waals surface area contributed by atoms with E-state index in [1.54, 1.807) is 5.56 Å². The summed E-state index contributed by atoms with van der Waals surface area (Å²) in [5, 5.41) is 0. The molecule has 0 amide bonds. The molecule has 18 heavy (non-hydrogen) atoms. The molecule has 0 saturated carbocycles. The first-order valence-electron chi connectivity index (χ1n) is 7.34. The molecule has 0 fully saturated rings. The predicted molar refractivity (Wildman–Crippen MR) is 80.1 cm³/mol. The second kappa shape index (κ2) is 5.30. The lowest BCUT2D eigenvalue weighted by Crippen LogP contribution is -2.19. The standard InChI is InChI=1S/C18H26/c1-5-6-9-15-13-12-14(2)18(3,4)17-11-8-7-10-16(15)17/h7-8,10-12,15H,5-6,9,13H2,1-4H3. The van der Waals surface area contributed by atoms with Gasteiger partial charge in [0.15, 0.2) is 0 Å². The van der Waals surface area contributed by atoms with Gasteiger partial charge in [-0.15, -0.1) is 0 Å². The van der Waals surface area contributed by atoms with Crippen molar-refractivity contribution in [1.82, 2.24) is 0 Å². The Morgan fingerprint density at radius 1 is 1.22 bits per heavy atom. The van der Waals surface area contributed by atoms with E-state index in [4.69, 9.17) is 0 Å². The highest BCUT2D eigenvalue weighted by Crippen LogP contribution is 2.42. The van der Waals surface area contributed by atoms with E-state index in [0.29, 0.717) is 0 Å². The number of hydrogen-bond acceptors (Lipinski definition) is 0. The first kappa shape index (κ1) is 13.4. The van der Waals surface area contributed by atoms with Crippen LogP contribution < -0.4 is 0 Å². The lowest BCUT2D eigenvalue weighted by atomic mass is 9.76. The molecular formula is C18H26. The van der Waals surface area contributed by atoms with Crippen molar-refractivity contribution in [1.29, 1.82) is 0 Å². The average Bonchev–Trinajstić information content (AvgIpc) is 2.46. The molecule has 0 nitrogen and oxygen atoms in total. The highest BCUT2D eigenvalue weighted by atomic mass is 14.3. The van der Waals surface area contributed by atoms with Gasteiger partial charge in [0.25, 0.3) is 0 Å². The van der Waals surface area contributed by atoms with Crippen molar-refractivity contribution in [3.8, 4) is 0 Å². The summed E-state index contributed by atoms with van der Waals surface area (Å²) in [6, 6.07) is 9.07. The van der Waals surface area contributed by atoms with Crippen molar-refractivity contribution >= 4 is 0 Å². The smallest absolute Gasteiger partial charge is 0.0105 e. The van der Waals surface area contributed by atoms with E-state index < -0.39 is 0 Å². The van der Waals surface area contributed by atoms with Gasteiger partial charge in [-0.3, -0.25) is 0 Å². The van der Waals surface area contributed by atoms with E-state index >= 15 is 0 Å². The minimum atomic E-state index is 0.192. The van der Waals surface area contributed by atoms with Crippen LogP contribution >= 0.6 is 0 Å². The van der Waals surface area contributed by atoms with Gasteiger partial charge in [-0.1, -0.05) is 69.5 Å². The highest BCUT2D eigenvalue weighted by Gasteiger charge is 2.30. The number of allylic oxidation sites excluding steroid dienone is 2. The van der Waals surface area contributed by atoms with Crippen molar-refractivity contribution in [2.24, 2.45) is 0 Å². The molecule has 1 aromatic carbocycles. The van der Waals surface area contributed by atoms with E-state index in [0.717, 1.165) is 5.92 Å². The van der Waals surface area contributed by atoms with Gasteiger partial charge in [0, 0.05) is 5.41 Å². The maximum absolute atomic E-state index is 2.47. The van der Waals surface area contributed by atoms with Crippen molar-refractivity contribution < 1.29 is 0 Å². The monoisotopic (exact) mass is 242 g/mol. The van der Waals surface area contributed by atoms with Gasteiger partial charge in [-0.05, 0) is 36.8 Å². The van der Waals surface area contributed by atoms with Crippen LogP contribution in [0.2, 0.25) is 0 Å². The summed E-state index contributed by atoms with van der Waals surface area (Å²) in [5.41, 5.74) is 4.84. The fraction of sp³-hybridized carbons (Fsp3) is 0.556. The summed E-state index contributed by atoms with van der Waals surface area (Å²) < 4.78 is 0. The number of hydrogen-bond donors (Lipinski definition) is 0. The zero-order valence-corrected chi connectivity index (χ0v) is 12.3. The van der Waals surface area contributed by atoms with E-state index in [1.165, 1.54) is 36.8 Å². The molecule has 1 atom stereocenters. The third-order valence-corrected chi connectivity index (χ3v) is 4.67. The molecular weight excluding hydrogens is 216 g/mol. The first-order chi connectivity index (χ1) is 8.57. The molecule has 0 aliphatic heterocycles. The maximum Gasteiger partial charge on any atom is 0.0105 e. The Morgan fingerprint density at radius 3 is 2.67 bits per heavy atom. The van der Waals surface area contributed by atoms with Crippen LogP contribution in [0.25, 0.3) is 0 Å². The fourth-order valence-electron chi connectivity index (χ4n) is 3.06. The molecule has 0 bridgehead atoms. The highest BCUT2D eigenvalue weighted by molar-refractivity contribution is 5.44. The summed E-state index contributed by atoms with van der Waals surface area (Å²) >= 11 is 0. The summed E-state index contributed by atoms with van der Waals surface area (Å²) in [6.45, 7) is 9.30. The van der Waals surface area contributed by atoms with Crippen molar-refractivity contribution in [2.75, 3.05) is 0 Å². The van der Waals surface area contributed by atoms with E-state index in [-0.39, 0.29) is 5.41 Å². The van der Waals surface area contributed by atoms with Crippen LogP contribution in [-0.4, -0.2) is 0 Å². The minimum Gasteiger partial charge on any atom is -0.0841 e. The molecule has 98 valence electrons. The summed E-state index contributed by atoms with van der Waals surface area (Å²) in [6.07, 6.45) is 7.65. The van der Waals surface area contributed by atoms with E-state index in [9.17, 15) is 0 Å². The molecule has 0 heteroatoms. The summed E-state index contributed by atoms with van der Waals surface area (Å²) in [7, 11) is 0. The average molecular weight is 242 g/mol. The number of unbranched alkanes of at least 4 members (excludes halogenated alkanes) is 1. The van der Waals surface area contributed by atoms with Gasteiger partial charge < -0.3 is 0 Å². The Bertz CT molecular complexity index is 437. The van der Waals surface area contributed by atoms with Gasteiger partial charge in [0.2, 0.25) is 0 Å². The molecule has 0 radical (unpaired) electrons. The zero-order chi connectivity index (χ0) is 13.2. The van der Waals surface area contributed by atoms with Gasteiger partial charge in [-0.25, -0.2) is 0 Å². The van der Waals surface area contributed by atoms with Crippen LogP contribution in [0.1, 0.15) is 70.4 Å². The van der Waals surface area contributed by atoms with E-state index in [2.05, 4.69) is 58.0 Å². The van der Waals surface area contributed by atoms with Crippen LogP contribution in [0.4, 0.5) is 0 Å². The third-order valence-electron chi connectivity index (χ3n) is 4.67. The zero-order valence-electron chi connectivity index (χ0n) is 12.3. The quantitative estimate of drug-likeness (QED) is 0.606. The van der Waals surface area contributed by atoms with Gasteiger partial charge >= 0.3 is 0 Å². The second-order valence-electron chi connectivity index (χ2n) is 6.17. The largest absolute Gasteiger partial charge is 0.0841 e.